The molecule has 0 N–H and O–H groups in total. The van der Waals surface area contributed by atoms with Crippen LogP contribution in [0.5, 0.6) is 0 Å². The highest BCUT2D eigenvalue weighted by atomic mass is 15.1. The maximum absolute atomic E-state index is 4.88. The van der Waals surface area contributed by atoms with Gasteiger partial charge in [0.2, 0.25) is 0 Å². The van der Waals surface area contributed by atoms with Crippen molar-refractivity contribution in [3.8, 4) is 11.1 Å². The predicted octanol–water partition coefficient (Wildman–Crippen LogP) is 5.12. The molecular formula is C21H18N2. The Morgan fingerprint density at radius 2 is 1.39 bits per heavy atom. The van der Waals surface area contributed by atoms with Crippen LogP contribution in [0.15, 0.2) is 72.8 Å². The molecule has 0 fully saturated rings. The van der Waals surface area contributed by atoms with Gasteiger partial charge in [0, 0.05) is 24.9 Å². The molecule has 0 unspecified atom stereocenters. The molecule has 23 heavy (non-hydrogen) atoms. The molecule has 3 aromatic carbocycles. The smallest absolute Gasteiger partial charge is 0.0736 e. The van der Waals surface area contributed by atoms with Gasteiger partial charge in [0.25, 0.3) is 0 Å². The molecule has 0 aliphatic rings. The summed E-state index contributed by atoms with van der Waals surface area (Å²) in [5, 5.41) is 2.40. The van der Waals surface area contributed by atoms with Crippen LogP contribution in [0.3, 0.4) is 0 Å². The van der Waals surface area contributed by atoms with Crippen molar-refractivity contribution in [2.75, 3.05) is 19.0 Å². The van der Waals surface area contributed by atoms with E-state index in [4.69, 9.17) is 4.98 Å². The third-order valence-corrected chi connectivity index (χ3v) is 4.21. The van der Waals surface area contributed by atoms with Crippen LogP contribution < -0.4 is 4.90 Å². The number of rotatable bonds is 2. The predicted molar refractivity (Wildman–Crippen MR) is 99.0 cm³/mol. The quantitative estimate of drug-likeness (QED) is 0.477. The van der Waals surface area contributed by atoms with Gasteiger partial charge in [0.1, 0.15) is 0 Å². The SMILES string of the molecule is CN(C)c1c2ccccc2nc2cccc(-c3ccccc3)c12. The van der Waals surface area contributed by atoms with Gasteiger partial charge < -0.3 is 4.90 Å². The minimum Gasteiger partial charge on any atom is -0.377 e. The van der Waals surface area contributed by atoms with E-state index in [1.54, 1.807) is 0 Å². The molecule has 1 aromatic heterocycles. The first-order valence-corrected chi connectivity index (χ1v) is 7.80. The van der Waals surface area contributed by atoms with Crippen molar-refractivity contribution < 1.29 is 0 Å². The van der Waals surface area contributed by atoms with E-state index in [0.29, 0.717) is 0 Å². The monoisotopic (exact) mass is 298 g/mol. The van der Waals surface area contributed by atoms with Gasteiger partial charge in [-0.3, -0.25) is 0 Å². The zero-order valence-corrected chi connectivity index (χ0v) is 13.3. The Labute approximate surface area is 136 Å². The van der Waals surface area contributed by atoms with E-state index in [1.807, 2.05) is 6.07 Å². The molecule has 0 saturated heterocycles. The summed E-state index contributed by atoms with van der Waals surface area (Å²) in [4.78, 5) is 7.07. The van der Waals surface area contributed by atoms with Gasteiger partial charge in [-0.15, -0.1) is 0 Å². The molecule has 0 radical (unpaired) electrons. The zero-order chi connectivity index (χ0) is 15.8. The van der Waals surface area contributed by atoms with Crippen molar-refractivity contribution in [3.05, 3.63) is 72.8 Å². The van der Waals surface area contributed by atoms with E-state index in [0.717, 1.165) is 11.0 Å². The molecule has 2 nitrogen and oxygen atoms in total. The Kier molecular flexibility index (Phi) is 3.23. The molecule has 1 heterocycles. The lowest BCUT2D eigenvalue weighted by atomic mass is 9.97. The van der Waals surface area contributed by atoms with Crippen molar-refractivity contribution in [2.24, 2.45) is 0 Å². The van der Waals surface area contributed by atoms with Crippen LogP contribution in [0.25, 0.3) is 32.9 Å². The normalized spacial score (nSPS) is 11.0. The first-order valence-electron chi connectivity index (χ1n) is 7.80. The van der Waals surface area contributed by atoms with Gasteiger partial charge in [0.05, 0.1) is 16.7 Å². The lowest BCUT2D eigenvalue weighted by Gasteiger charge is -2.20. The van der Waals surface area contributed by atoms with Crippen molar-refractivity contribution >= 4 is 27.5 Å². The number of aromatic nitrogens is 1. The van der Waals surface area contributed by atoms with E-state index in [9.17, 15) is 0 Å². The van der Waals surface area contributed by atoms with E-state index in [2.05, 4.69) is 85.7 Å². The fraction of sp³-hybridized carbons (Fsp3) is 0.0952. The van der Waals surface area contributed by atoms with Crippen LogP contribution in [0, 0.1) is 0 Å². The third-order valence-electron chi connectivity index (χ3n) is 4.21. The topological polar surface area (TPSA) is 16.1 Å². The lowest BCUT2D eigenvalue weighted by Crippen LogP contribution is -2.10. The maximum Gasteiger partial charge on any atom is 0.0736 e. The fourth-order valence-electron chi connectivity index (χ4n) is 3.24. The van der Waals surface area contributed by atoms with Crippen LogP contribution in [0.1, 0.15) is 0 Å². The van der Waals surface area contributed by atoms with Gasteiger partial charge in [-0.25, -0.2) is 4.98 Å². The summed E-state index contributed by atoms with van der Waals surface area (Å²) in [5.41, 5.74) is 5.75. The molecule has 0 amide bonds. The molecule has 4 aromatic rings. The molecule has 112 valence electrons. The molecule has 0 atom stereocenters. The molecule has 0 spiro atoms. The Hall–Kier alpha value is -2.87. The number of anilines is 1. The summed E-state index contributed by atoms with van der Waals surface area (Å²) in [6, 6.07) is 25.2. The highest BCUT2D eigenvalue weighted by Crippen LogP contribution is 2.38. The summed E-state index contributed by atoms with van der Waals surface area (Å²) in [7, 11) is 4.20. The van der Waals surface area contributed by atoms with Gasteiger partial charge in [-0.2, -0.15) is 0 Å². The van der Waals surface area contributed by atoms with Gasteiger partial charge in [-0.1, -0.05) is 60.7 Å². The highest BCUT2D eigenvalue weighted by molar-refractivity contribution is 6.13. The number of pyridine rings is 1. The largest absolute Gasteiger partial charge is 0.377 e. The number of nitrogens with zero attached hydrogens (tertiary/aromatic N) is 2. The average Bonchev–Trinajstić information content (AvgIpc) is 2.59. The molecule has 2 heteroatoms. The second-order valence-electron chi connectivity index (χ2n) is 5.94. The third kappa shape index (κ3) is 2.23. The first-order chi connectivity index (χ1) is 11.3. The Balaban J connectivity index is 2.20. The Bertz CT molecular complexity index is 988. The number of benzene rings is 3. The highest BCUT2D eigenvalue weighted by Gasteiger charge is 2.14. The Morgan fingerprint density at radius 3 is 2.17 bits per heavy atom. The summed E-state index contributed by atoms with van der Waals surface area (Å²) in [5.74, 6) is 0. The molecule has 4 rings (SSSR count). The van der Waals surface area contributed by atoms with Crippen LogP contribution in [-0.4, -0.2) is 19.1 Å². The number of fused-ring (bicyclic) bond motifs is 2. The molecular weight excluding hydrogens is 280 g/mol. The molecule has 0 aliphatic carbocycles. The van der Waals surface area contributed by atoms with Crippen LogP contribution in [0.2, 0.25) is 0 Å². The summed E-state index contributed by atoms with van der Waals surface area (Å²) in [6.45, 7) is 0. The van der Waals surface area contributed by atoms with Crippen molar-refractivity contribution in [3.63, 3.8) is 0 Å². The van der Waals surface area contributed by atoms with E-state index in [-0.39, 0.29) is 0 Å². The number of hydrogen-bond donors (Lipinski definition) is 0. The Morgan fingerprint density at radius 1 is 0.696 bits per heavy atom. The van der Waals surface area contributed by atoms with Crippen molar-refractivity contribution in [1.29, 1.82) is 0 Å². The van der Waals surface area contributed by atoms with Crippen molar-refractivity contribution in [2.45, 2.75) is 0 Å². The fourth-order valence-corrected chi connectivity index (χ4v) is 3.24. The summed E-state index contributed by atoms with van der Waals surface area (Å²) >= 11 is 0. The van der Waals surface area contributed by atoms with E-state index < -0.39 is 0 Å². The summed E-state index contributed by atoms with van der Waals surface area (Å²) < 4.78 is 0. The minimum absolute atomic E-state index is 1.04. The lowest BCUT2D eigenvalue weighted by molar-refractivity contribution is 1.15. The second-order valence-corrected chi connectivity index (χ2v) is 5.94. The van der Waals surface area contributed by atoms with Gasteiger partial charge >= 0.3 is 0 Å². The van der Waals surface area contributed by atoms with Gasteiger partial charge in [0.15, 0.2) is 0 Å². The second kappa shape index (κ2) is 5.40. The molecule has 0 aliphatic heterocycles. The van der Waals surface area contributed by atoms with Crippen LogP contribution in [0.4, 0.5) is 5.69 Å². The van der Waals surface area contributed by atoms with Gasteiger partial charge in [-0.05, 0) is 23.3 Å². The average molecular weight is 298 g/mol. The zero-order valence-electron chi connectivity index (χ0n) is 13.3. The summed E-state index contributed by atoms with van der Waals surface area (Å²) in [6.07, 6.45) is 0. The molecule has 0 bridgehead atoms. The number of hydrogen-bond acceptors (Lipinski definition) is 2. The maximum atomic E-state index is 4.88. The molecule has 0 saturated carbocycles. The van der Waals surface area contributed by atoms with E-state index >= 15 is 0 Å². The van der Waals surface area contributed by atoms with Crippen LogP contribution >= 0.6 is 0 Å². The minimum atomic E-state index is 1.04. The van der Waals surface area contributed by atoms with Crippen molar-refractivity contribution in [1.82, 2.24) is 4.98 Å². The van der Waals surface area contributed by atoms with Crippen LogP contribution in [-0.2, 0) is 0 Å². The first kappa shape index (κ1) is 13.8. The number of para-hydroxylation sites is 1. The standard InChI is InChI=1S/C21H18N2/c1-23(2)21-17-11-6-7-13-18(17)22-19-14-8-12-16(20(19)21)15-9-4-3-5-10-15/h3-14H,1-2H3. The van der Waals surface area contributed by atoms with E-state index in [1.165, 1.54) is 27.6 Å².